The second kappa shape index (κ2) is 6.59. The molecule has 0 bridgehead atoms. The molecule has 2 rings (SSSR count). The molecule has 0 amide bonds. The van der Waals surface area contributed by atoms with Crippen molar-refractivity contribution in [1.29, 1.82) is 0 Å². The fraction of sp³-hybridized carbons (Fsp3) is 0.400. The van der Waals surface area contributed by atoms with Crippen LogP contribution in [-0.2, 0) is 6.42 Å². The molecule has 0 spiro atoms. The molecule has 0 aliphatic carbocycles. The van der Waals surface area contributed by atoms with E-state index in [0.29, 0.717) is 10.9 Å². The Labute approximate surface area is 128 Å². The van der Waals surface area contributed by atoms with Gasteiger partial charge >= 0.3 is 0 Å². The number of nitrogens with one attached hydrogen (secondary N) is 1. The Morgan fingerprint density at radius 2 is 1.95 bits per heavy atom. The van der Waals surface area contributed by atoms with Crippen LogP contribution in [0.15, 0.2) is 12.1 Å². The number of aryl methyl sites for hydroxylation is 1. The summed E-state index contributed by atoms with van der Waals surface area (Å²) in [6, 6.07) is 3.43. The van der Waals surface area contributed by atoms with Crippen LogP contribution < -0.4 is 5.32 Å². The molecule has 0 fully saturated rings. The zero-order valence-electron chi connectivity index (χ0n) is 11.6. The van der Waals surface area contributed by atoms with E-state index in [-0.39, 0.29) is 10.0 Å². The van der Waals surface area contributed by atoms with Gasteiger partial charge in [-0.3, -0.25) is 0 Å². The van der Waals surface area contributed by atoms with E-state index in [1.54, 1.807) is 0 Å². The molecular weight excluding hydrogens is 298 g/mol. The lowest BCUT2D eigenvalue weighted by molar-refractivity contribution is 0.630. The normalized spacial score (nSPS) is 11.1. The van der Waals surface area contributed by atoms with Gasteiger partial charge in [-0.25, -0.2) is 9.37 Å². The molecule has 0 atom stereocenters. The highest BCUT2D eigenvalue weighted by Crippen LogP contribution is 2.33. The molecule has 20 heavy (non-hydrogen) atoms. The van der Waals surface area contributed by atoms with Crippen molar-refractivity contribution >= 4 is 39.9 Å². The van der Waals surface area contributed by atoms with Crippen molar-refractivity contribution in [2.24, 2.45) is 0 Å². The molecule has 1 N–H and O–H groups in total. The summed E-state index contributed by atoms with van der Waals surface area (Å²) in [7, 11) is 0. The Morgan fingerprint density at radius 1 is 1.20 bits per heavy atom. The zero-order valence-corrected chi connectivity index (χ0v) is 13.1. The fourth-order valence-corrected chi connectivity index (χ4v) is 2.62. The van der Waals surface area contributed by atoms with E-state index < -0.39 is 5.82 Å². The minimum Gasteiger partial charge on any atom is -0.370 e. The molecule has 5 heteroatoms. The van der Waals surface area contributed by atoms with Gasteiger partial charge in [-0.05, 0) is 30.5 Å². The van der Waals surface area contributed by atoms with Crippen LogP contribution in [0, 0.1) is 5.82 Å². The van der Waals surface area contributed by atoms with Crippen LogP contribution in [0.3, 0.4) is 0 Å². The van der Waals surface area contributed by atoms with Gasteiger partial charge in [0.1, 0.15) is 5.82 Å². The van der Waals surface area contributed by atoms with Crippen LogP contribution in [0.1, 0.15) is 32.3 Å². The van der Waals surface area contributed by atoms with Gasteiger partial charge in [0.15, 0.2) is 5.82 Å². The highest BCUT2D eigenvalue weighted by atomic mass is 35.5. The molecular formula is C15H17Cl2FN2. The highest BCUT2D eigenvalue weighted by Gasteiger charge is 2.14. The largest absolute Gasteiger partial charge is 0.370 e. The second-order valence-corrected chi connectivity index (χ2v) is 5.51. The van der Waals surface area contributed by atoms with E-state index in [4.69, 9.17) is 23.2 Å². The number of aromatic nitrogens is 1. The Bertz CT molecular complexity index is 629. The molecule has 0 saturated carbocycles. The number of hydrogen-bond acceptors (Lipinski definition) is 2. The first-order chi connectivity index (χ1) is 9.58. The van der Waals surface area contributed by atoms with E-state index in [0.717, 1.165) is 37.2 Å². The number of nitrogens with zero attached hydrogens (tertiary/aromatic N) is 1. The number of hydrogen-bond donors (Lipinski definition) is 1. The number of fused-ring (bicyclic) bond motifs is 1. The minimum atomic E-state index is -0.584. The van der Waals surface area contributed by atoms with E-state index in [1.165, 1.54) is 6.07 Å². The summed E-state index contributed by atoms with van der Waals surface area (Å²) in [6.07, 6.45) is 2.87. The maximum Gasteiger partial charge on any atom is 0.161 e. The molecule has 1 heterocycles. The third kappa shape index (κ3) is 2.99. The number of anilines is 1. The Morgan fingerprint density at radius 3 is 2.60 bits per heavy atom. The summed E-state index contributed by atoms with van der Waals surface area (Å²) in [5.41, 5.74) is 1.66. The molecule has 2 aromatic rings. The summed E-state index contributed by atoms with van der Waals surface area (Å²) >= 11 is 11.9. The summed E-state index contributed by atoms with van der Waals surface area (Å²) in [6.45, 7) is 5.03. The Kier molecular flexibility index (Phi) is 5.06. The first-order valence-electron chi connectivity index (χ1n) is 6.79. The number of benzene rings is 1. The van der Waals surface area contributed by atoms with E-state index >= 15 is 0 Å². The van der Waals surface area contributed by atoms with Gasteiger partial charge in [0, 0.05) is 11.9 Å². The predicted molar refractivity (Wildman–Crippen MR) is 84.5 cm³/mol. The van der Waals surface area contributed by atoms with Crippen LogP contribution in [-0.4, -0.2) is 11.5 Å². The second-order valence-electron chi connectivity index (χ2n) is 4.73. The van der Waals surface area contributed by atoms with E-state index in [9.17, 15) is 4.39 Å². The number of pyridine rings is 1. The van der Waals surface area contributed by atoms with Gasteiger partial charge in [0.25, 0.3) is 0 Å². The fourth-order valence-electron chi connectivity index (χ4n) is 2.12. The molecule has 0 aliphatic heterocycles. The smallest absolute Gasteiger partial charge is 0.161 e. The van der Waals surface area contributed by atoms with E-state index in [2.05, 4.69) is 24.1 Å². The van der Waals surface area contributed by atoms with Crippen LogP contribution in [0.4, 0.5) is 10.2 Å². The zero-order chi connectivity index (χ0) is 14.7. The first-order valence-corrected chi connectivity index (χ1v) is 7.55. The van der Waals surface area contributed by atoms with Gasteiger partial charge in [0.2, 0.25) is 0 Å². The van der Waals surface area contributed by atoms with Crippen LogP contribution in [0.25, 0.3) is 10.9 Å². The Hall–Kier alpha value is -1.06. The summed E-state index contributed by atoms with van der Waals surface area (Å²) < 4.78 is 13.8. The van der Waals surface area contributed by atoms with Crippen LogP contribution in [0.2, 0.25) is 10.0 Å². The molecule has 1 aromatic carbocycles. The lowest BCUT2D eigenvalue weighted by Crippen LogP contribution is -2.06. The predicted octanol–water partition coefficient (Wildman–Crippen LogP) is 5.46. The summed E-state index contributed by atoms with van der Waals surface area (Å²) in [5, 5.41) is 3.95. The van der Waals surface area contributed by atoms with Crippen LogP contribution >= 0.6 is 23.2 Å². The van der Waals surface area contributed by atoms with Gasteiger partial charge in [0.05, 0.1) is 15.6 Å². The molecule has 0 aliphatic rings. The Balaban J connectivity index is 2.61. The maximum atomic E-state index is 13.8. The van der Waals surface area contributed by atoms with Crippen molar-refractivity contribution in [1.82, 2.24) is 4.98 Å². The average Bonchev–Trinajstić information content (AvgIpc) is 2.44. The van der Waals surface area contributed by atoms with Gasteiger partial charge in [-0.1, -0.05) is 43.5 Å². The molecule has 0 saturated heterocycles. The molecule has 1 aromatic heterocycles. The standard InChI is InChI=1S/C15H17Cl2FN2/c1-3-5-9-7-10-12(20-15(9)19-6-4-2)8-11(16)14(18)13(10)17/h7-8H,3-6H2,1-2H3,(H,19,20). The van der Waals surface area contributed by atoms with Crippen molar-refractivity contribution in [2.75, 3.05) is 11.9 Å². The monoisotopic (exact) mass is 314 g/mol. The van der Waals surface area contributed by atoms with Crippen LogP contribution in [0.5, 0.6) is 0 Å². The lowest BCUT2D eigenvalue weighted by Gasteiger charge is -2.13. The quantitative estimate of drug-likeness (QED) is 0.742. The van der Waals surface area contributed by atoms with Gasteiger partial charge in [-0.2, -0.15) is 0 Å². The first kappa shape index (κ1) is 15.3. The topological polar surface area (TPSA) is 24.9 Å². The molecule has 0 radical (unpaired) electrons. The summed E-state index contributed by atoms with van der Waals surface area (Å²) in [4.78, 5) is 4.55. The van der Waals surface area contributed by atoms with Gasteiger partial charge < -0.3 is 5.32 Å². The van der Waals surface area contributed by atoms with Crippen molar-refractivity contribution in [2.45, 2.75) is 33.1 Å². The van der Waals surface area contributed by atoms with Crippen molar-refractivity contribution in [3.8, 4) is 0 Å². The van der Waals surface area contributed by atoms with Gasteiger partial charge in [-0.15, -0.1) is 0 Å². The lowest BCUT2D eigenvalue weighted by atomic mass is 10.1. The number of halogens is 3. The van der Waals surface area contributed by atoms with Crippen molar-refractivity contribution in [3.63, 3.8) is 0 Å². The third-order valence-electron chi connectivity index (χ3n) is 3.10. The third-order valence-corrected chi connectivity index (χ3v) is 3.74. The maximum absolute atomic E-state index is 13.8. The molecule has 108 valence electrons. The van der Waals surface area contributed by atoms with Crippen molar-refractivity contribution in [3.05, 3.63) is 33.6 Å². The average molecular weight is 315 g/mol. The summed E-state index contributed by atoms with van der Waals surface area (Å²) in [5.74, 6) is 0.249. The molecule has 0 unspecified atom stereocenters. The number of rotatable bonds is 5. The SMILES string of the molecule is CCCNc1nc2cc(Cl)c(F)c(Cl)c2cc1CCC. The molecule has 2 nitrogen and oxygen atoms in total. The minimum absolute atomic E-state index is 0.000293. The van der Waals surface area contributed by atoms with E-state index in [1.807, 2.05) is 6.07 Å². The highest BCUT2D eigenvalue weighted by molar-refractivity contribution is 6.38. The van der Waals surface area contributed by atoms with Crippen molar-refractivity contribution < 1.29 is 4.39 Å².